The van der Waals surface area contributed by atoms with Crippen molar-refractivity contribution in [2.75, 3.05) is 31.7 Å². The molecule has 1 fully saturated rings. The van der Waals surface area contributed by atoms with Gasteiger partial charge in [-0.1, -0.05) is 6.07 Å². The second-order valence-electron chi connectivity index (χ2n) is 7.05. The van der Waals surface area contributed by atoms with E-state index in [9.17, 15) is 0 Å². The molecule has 132 valence electrons. The van der Waals surface area contributed by atoms with Gasteiger partial charge in [0.15, 0.2) is 0 Å². The van der Waals surface area contributed by atoms with Crippen molar-refractivity contribution < 1.29 is 9.47 Å². The van der Waals surface area contributed by atoms with Gasteiger partial charge in [-0.05, 0) is 61.3 Å². The Morgan fingerprint density at radius 1 is 1.16 bits per heavy atom. The molecule has 1 aliphatic heterocycles. The highest BCUT2D eigenvalue weighted by molar-refractivity contribution is 5.62. The molecule has 0 unspecified atom stereocenters. The molecule has 0 N–H and O–H groups in total. The van der Waals surface area contributed by atoms with Crippen LogP contribution in [0.25, 0.3) is 0 Å². The van der Waals surface area contributed by atoms with E-state index in [4.69, 9.17) is 9.47 Å². The molecule has 1 aromatic carbocycles. The lowest BCUT2D eigenvalue weighted by Crippen LogP contribution is -2.36. The van der Waals surface area contributed by atoms with E-state index in [1.165, 1.54) is 43.4 Å². The fourth-order valence-electron chi connectivity index (χ4n) is 4.03. The zero-order chi connectivity index (χ0) is 17.1. The second kappa shape index (κ2) is 7.34. The van der Waals surface area contributed by atoms with Crippen LogP contribution in [0.15, 0.2) is 36.5 Å². The van der Waals surface area contributed by atoms with Crippen LogP contribution in [-0.2, 0) is 12.8 Å². The van der Waals surface area contributed by atoms with Gasteiger partial charge in [0.2, 0.25) is 5.88 Å². The summed E-state index contributed by atoms with van der Waals surface area (Å²) in [6.07, 6.45) is 7.77. The molecule has 2 aliphatic rings. The molecule has 2 aromatic rings. The first kappa shape index (κ1) is 16.2. The maximum Gasteiger partial charge on any atom is 0.213 e. The maximum absolute atomic E-state index is 5.85. The Balaban J connectivity index is 1.38. The summed E-state index contributed by atoms with van der Waals surface area (Å²) < 4.78 is 11.4. The predicted molar refractivity (Wildman–Crippen MR) is 99.7 cm³/mol. The van der Waals surface area contributed by atoms with Gasteiger partial charge in [-0.2, -0.15) is 0 Å². The molecule has 0 bridgehead atoms. The summed E-state index contributed by atoms with van der Waals surface area (Å²) in [4.78, 5) is 6.78. The zero-order valence-corrected chi connectivity index (χ0v) is 14.9. The maximum atomic E-state index is 5.85. The van der Waals surface area contributed by atoms with E-state index >= 15 is 0 Å². The van der Waals surface area contributed by atoms with Crippen LogP contribution in [-0.4, -0.2) is 31.8 Å². The van der Waals surface area contributed by atoms with Gasteiger partial charge in [-0.15, -0.1) is 0 Å². The number of benzene rings is 1. The number of rotatable bonds is 5. The summed E-state index contributed by atoms with van der Waals surface area (Å²) >= 11 is 0. The molecule has 25 heavy (non-hydrogen) atoms. The normalized spacial score (nSPS) is 17.4. The van der Waals surface area contributed by atoms with E-state index in [1.807, 2.05) is 18.2 Å². The van der Waals surface area contributed by atoms with E-state index in [1.54, 1.807) is 18.9 Å². The Labute approximate surface area is 149 Å². The van der Waals surface area contributed by atoms with Crippen LogP contribution in [0.1, 0.15) is 30.4 Å². The lowest BCUT2D eigenvalue weighted by Gasteiger charge is -2.35. The van der Waals surface area contributed by atoms with Crippen LogP contribution in [0.3, 0.4) is 0 Å². The Morgan fingerprint density at radius 3 is 2.80 bits per heavy atom. The Hall–Kier alpha value is -2.23. The first-order chi connectivity index (χ1) is 12.3. The standard InChI is InChI=1S/C21H26N2O2/c1-24-18-13-17-5-4-6-19(17)20(14-18)23-11-8-16(9-12-23)15-25-21-7-2-3-10-22-21/h2-3,7,10,13-14,16H,4-6,8-9,11-12,15H2,1H3. The van der Waals surface area contributed by atoms with Crippen LogP contribution >= 0.6 is 0 Å². The second-order valence-corrected chi connectivity index (χ2v) is 7.05. The first-order valence-electron chi connectivity index (χ1n) is 9.32. The smallest absolute Gasteiger partial charge is 0.213 e. The number of fused-ring (bicyclic) bond motifs is 1. The van der Waals surface area contributed by atoms with E-state index < -0.39 is 0 Å². The molecule has 0 saturated carbocycles. The lowest BCUT2D eigenvalue weighted by atomic mass is 9.96. The minimum absolute atomic E-state index is 0.608. The van der Waals surface area contributed by atoms with Gasteiger partial charge in [0.05, 0.1) is 13.7 Å². The highest BCUT2D eigenvalue weighted by atomic mass is 16.5. The van der Waals surface area contributed by atoms with Gasteiger partial charge in [0.25, 0.3) is 0 Å². The van der Waals surface area contributed by atoms with Crippen molar-refractivity contribution in [3.63, 3.8) is 0 Å². The van der Waals surface area contributed by atoms with E-state index in [0.717, 1.165) is 31.3 Å². The van der Waals surface area contributed by atoms with Crippen molar-refractivity contribution >= 4 is 5.69 Å². The minimum Gasteiger partial charge on any atom is -0.497 e. The summed E-state index contributed by atoms with van der Waals surface area (Å²) in [6, 6.07) is 10.3. The highest BCUT2D eigenvalue weighted by Crippen LogP contribution is 2.37. The molecule has 4 nitrogen and oxygen atoms in total. The van der Waals surface area contributed by atoms with Crippen molar-refractivity contribution in [3.05, 3.63) is 47.7 Å². The average Bonchev–Trinajstić information content (AvgIpc) is 3.15. The number of pyridine rings is 1. The first-order valence-corrected chi connectivity index (χ1v) is 9.32. The van der Waals surface area contributed by atoms with Gasteiger partial charge in [-0.25, -0.2) is 4.98 Å². The molecule has 4 rings (SSSR count). The fourth-order valence-corrected chi connectivity index (χ4v) is 4.03. The minimum atomic E-state index is 0.608. The third kappa shape index (κ3) is 3.58. The van der Waals surface area contributed by atoms with Crippen LogP contribution in [0.2, 0.25) is 0 Å². The summed E-state index contributed by atoms with van der Waals surface area (Å²) in [6.45, 7) is 2.95. The van der Waals surface area contributed by atoms with Crippen LogP contribution in [0.5, 0.6) is 11.6 Å². The summed E-state index contributed by atoms with van der Waals surface area (Å²) in [5.74, 6) is 2.34. The monoisotopic (exact) mass is 338 g/mol. The van der Waals surface area contributed by atoms with E-state index in [2.05, 4.69) is 22.0 Å². The molecule has 0 amide bonds. The number of hydrogen-bond donors (Lipinski definition) is 0. The molecular formula is C21H26N2O2. The number of aromatic nitrogens is 1. The van der Waals surface area contributed by atoms with Crippen molar-refractivity contribution in [1.29, 1.82) is 0 Å². The van der Waals surface area contributed by atoms with Crippen LogP contribution in [0.4, 0.5) is 5.69 Å². The van der Waals surface area contributed by atoms with Crippen molar-refractivity contribution in [2.24, 2.45) is 5.92 Å². The van der Waals surface area contributed by atoms with Crippen molar-refractivity contribution in [3.8, 4) is 11.6 Å². The Morgan fingerprint density at radius 2 is 2.04 bits per heavy atom. The molecule has 0 radical (unpaired) electrons. The van der Waals surface area contributed by atoms with Gasteiger partial charge in [0, 0.05) is 37.1 Å². The third-order valence-corrected chi connectivity index (χ3v) is 5.46. The molecule has 4 heteroatoms. The lowest BCUT2D eigenvalue weighted by molar-refractivity contribution is 0.216. The molecule has 0 atom stereocenters. The SMILES string of the molecule is COc1cc2c(c(N3CCC(COc4ccccn4)CC3)c1)CCC2. The largest absolute Gasteiger partial charge is 0.497 e. The fraction of sp³-hybridized carbons (Fsp3) is 0.476. The highest BCUT2D eigenvalue weighted by Gasteiger charge is 2.25. The summed E-state index contributed by atoms with van der Waals surface area (Å²) in [5.41, 5.74) is 4.43. The summed E-state index contributed by atoms with van der Waals surface area (Å²) in [7, 11) is 1.77. The molecule has 2 heterocycles. The molecule has 1 saturated heterocycles. The Bertz CT molecular complexity index is 709. The number of anilines is 1. The van der Waals surface area contributed by atoms with Gasteiger partial charge in [-0.3, -0.25) is 0 Å². The van der Waals surface area contributed by atoms with Gasteiger partial charge in [0.1, 0.15) is 5.75 Å². The average molecular weight is 338 g/mol. The van der Waals surface area contributed by atoms with Crippen LogP contribution in [0, 0.1) is 5.92 Å². The third-order valence-electron chi connectivity index (χ3n) is 5.46. The van der Waals surface area contributed by atoms with Crippen molar-refractivity contribution in [2.45, 2.75) is 32.1 Å². The van der Waals surface area contributed by atoms with E-state index in [0.29, 0.717) is 5.92 Å². The van der Waals surface area contributed by atoms with Gasteiger partial charge < -0.3 is 14.4 Å². The molecule has 1 aromatic heterocycles. The number of aryl methyl sites for hydroxylation is 1. The van der Waals surface area contributed by atoms with Gasteiger partial charge >= 0.3 is 0 Å². The molecule has 0 spiro atoms. The molecule has 1 aliphatic carbocycles. The summed E-state index contributed by atoms with van der Waals surface area (Å²) in [5, 5.41) is 0. The Kier molecular flexibility index (Phi) is 4.77. The number of piperidine rings is 1. The number of ether oxygens (including phenoxy) is 2. The molecular weight excluding hydrogens is 312 g/mol. The number of methoxy groups -OCH3 is 1. The number of hydrogen-bond acceptors (Lipinski definition) is 4. The van der Waals surface area contributed by atoms with E-state index in [-0.39, 0.29) is 0 Å². The predicted octanol–water partition coefficient (Wildman–Crippen LogP) is 3.87. The topological polar surface area (TPSA) is 34.6 Å². The zero-order valence-electron chi connectivity index (χ0n) is 14.9. The number of nitrogens with zero attached hydrogens (tertiary/aromatic N) is 2. The van der Waals surface area contributed by atoms with Crippen LogP contribution < -0.4 is 14.4 Å². The quantitative estimate of drug-likeness (QED) is 0.829. The van der Waals surface area contributed by atoms with Crippen molar-refractivity contribution in [1.82, 2.24) is 4.98 Å².